The van der Waals surface area contributed by atoms with Crippen LogP contribution in [0.2, 0.25) is 0 Å². The maximum atomic E-state index is 13.2. The Bertz CT molecular complexity index is 1060. The predicted octanol–water partition coefficient (Wildman–Crippen LogP) is 3.56. The second-order valence-corrected chi connectivity index (χ2v) is 7.76. The van der Waals surface area contributed by atoms with Crippen LogP contribution in [0.4, 0.5) is 0 Å². The molecule has 1 saturated heterocycles. The zero-order valence-corrected chi connectivity index (χ0v) is 19.5. The van der Waals surface area contributed by atoms with Gasteiger partial charge in [-0.05, 0) is 32.0 Å². The highest BCUT2D eigenvalue weighted by Gasteiger charge is 2.47. The fourth-order valence-electron chi connectivity index (χ4n) is 3.83. The third-order valence-electron chi connectivity index (χ3n) is 5.32. The Morgan fingerprint density at radius 3 is 2.39 bits per heavy atom. The number of para-hydroxylation sites is 1. The summed E-state index contributed by atoms with van der Waals surface area (Å²) in [6.45, 7) is 4.17. The number of ketones is 1. The summed E-state index contributed by atoms with van der Waals surface area (Å²) in [4.78, 5) is 27.6. The van der Waals surface area contributed by atoms with Crippen LogP contribution < -0.4 is 14.2 Å². The van der Waals surface area contributed by atoms with Gasteiger partial charge in [0, 0.05) is 25.3 Å². The molecule has 1 heterocycles. The van der Waals surface area contributed by atoms with E-state index >= 15 is 0 Å². The Morgan fingerprint density at radius 2 is 1.76 bits per heavy atom. The van der Waals surface area contributed by atoms with Crippen molar-refractivity contribution in [2.75, 3.05) is 34.5 Å². The molecule has 0 aliphatic carbocycles. The Balaban J connectivity index is 2.24. The average Bonchev–Trinajstić information content (AvgIpc) is 3.06. The van der Waals surface area contributed by atoms with Crippen molar-refractivity contribution in [2.24, 2.45) is 0 Å². The highest BCUT2D eigenvalue weighted by molar-refractivity contribution is 6.46. The van der Waals surface area contributed by atoms with Crippen LogP contribution in [0.3, 0.4) is 0 Å². The molecule has 2 aromatic carbocycles. The smallest absolute Gasteiger partial charge is 0.295 e. The quantitative estimate of drug-likeness (QED) is 0.351. The second kappa shape index (κ2) is 10.4. The Morgan fingerprint density at radius 1 is 1.03 bits per heavy atom. The van der Waals surface area contributed by atoms with E-state index in [-0.39, 0.29) is 36.2 Å². The Hall–Kier alpha value is -3.52. The van der Waals surface area contributed by atoms with E-state index in [0.29, 0.717) is 22.8 Å². The minimum absolute atomic E-state index is 0.0422. The minimum atomic E-state index is -0.859. The van der Waals surface area contributed by atoms with Gasteiger partial charge in [0.2, 0.25) is 0 Å². The zero-order chi connectivity index (χ0) is 24.1. The lowest BCUT2D eigenvalue weighted by molar-refractivity contribution is -0.140. The van der Waals surface area contributed by atoms with Crippen LogP contribution >= 0.6 is 0 Å². The number of aliphatic hydroxyl groups excluding tert-OH is 1. The van der Waals surface area contributed by atoms with E-state index in [1.165, 1.54) is 26.2 Å². The number of carbonyl (C=O) groups excluding carboxylic acids is 2. The van der Waals surface area contributed by atoms with Crippen molar-refractivity contribution in [3.63, 3.8) is 0 Å². The van der Waals surface area contributed by atoms with E-state index in [2.05, 4.69) is 0 Å². The van der Waals surface area contributed by atoms with Gasteiger partial charge in [0.15, 0.2) is 0 Å². The van der Waals surface area contributed by atoms with Gasteiger partial charge in [0.25, 0.3) is 11.7 Å². The highest BCUT2D eigenvalue weighted by atomic mass is 16.5. The van der Waals surface area contributed by atoms with Crippen molar-refractivity contribution in [2.45, 2.75) is 26.0 Å². The molecule has 0 radical (unpaired) electrons. The van der Waals surface area contributed by atoms with Gasteiger partial charge in [-0.15, -0.1) is 0 Å². The van der Waals surface area contributed by atoms with Crippen LogP contribution in [0.15, 0.2) is 48.0 Å². The molecule has 1 atom stereocenters. The van der Waals surface area contributed by atoms with Crippen molar-refractivity contribution in [3.05, 3.63) is 59.2 Å². The number of amides is 1. The summed E-state index contributed by atoms with van der Waals surface area (Å²) in [6, 6.07) is 11.1. The normalized spacial score (nSPS) is 17.5. The van der Waals surface area contributed by atoms with Crippen molar-refractivity contribution in [1.29, 1.82) is 0 Å². The SMILES string of the molecule is COCCN1C(=O)C(=O)/C(=C(/O)c2ccc(OC)cc2OC)C1c1ccccc1OC(C)C. The molecule has 8 heteroatoms. The first kappa shape index (κ1) is 24.1. The van der Waals surface area contributed by atoms with E-state index < -0.39 is 17.7 Å². The molecule has 2 aromatic rings. The average molecular weight is 456 g/mol. The van der Waals surface area contributed by atoms with Crippen molar-refractivity contribution in [3.8, 4) is 17.2 Å². The molecule has 176 valence electrons. The van der Waals surface area contributed by atoms with Crippen molar-refractivity contribution >= 4 is 17.4 Å². The topological polar surface area (TPSA) is 94.5 Å². The van der Waals surface area contributed by atoms with Gasteiger partial charge < -0.3 is 29.0 Å². The molecule has 1 aliphatic heterocycles. The summed E-state index contributed by atoms with van der Waals surface area (Å²) >= 11 is 0. The molecular weight excluding hydrogens is 426 g/mol. The molecule has 0 saturated carbocycles. The molecule has 0 spiro atoms. The third-order valence-corrected chi connectivity index (χ3v) is 5.32. The maximum absolute atomic E-state index is 13.2. The summed E-state index contributed by atoms with van der Waals surface area (Å²) in [7, 11) is 4.48. The number of aliphatic hydroxyl groups is 1. The second-order valence-electron chi connectivity index (χ2n) is 7.76. The molecule has 33 heavy (non-hydrogen) atoms. The van der Waals surface area contributed by atoms with Gasteiger partial charge in [-0.3, -0.25) is 9.59 Å². The summed E-state index contributed by atoms with van der Waals surface area (Å²) in [5.41, 5.74) is 0.824. The number of rotatable bonds is 9. The predicted molar refractivity (Wildman–Crippen MR) is 123 cm³/mol. The number of hydrogen-bond donors (Lipinski definition) is 1. The van der Waals surface area contributed by atoms with Crippen LogP contribution in [0, 0.1) is 0 Å². The number of carbonyl (C=O) groups is 2. The van der Waals surface area contributed by atoms with Crippen molar-refractivity contribution in [1.82, 2.24) is 4.90 Å². The van der Waals surface area contributed by atoms with Gasteiger partial charge in [-0.1, -0.05) is 18.2 Å². The van der Waals surface area contributed by atoms with Crippen LogP contribution in [-0.4, -0.2) is 62.3 Å². The number of ether oxygens (including phenoxy) is 4. The number of Topliss-reactive ketones (excluding diaryl/α,β-unsaturated/α-hetero) is 1. The molecule has 0 aromatic heterocycles. The van der Waals surface area contributed by atoms with Gasteiger partial charge in [0.1, 0.15) is 23.0 Å². The first-order valence-electron chi connectivity index (χ1n) is 10.6. The molecule has 1 fully saturated rings. The van der Waals surface area contributed by atoms with E-state index in [0.717, 1.165) is 0 Å². The number of methoxy groups -OCH3 is 3. The molecule has 8 nitrogen and oxygen atoms in total. The summed E-state index contributed by atoms with van der Waals surface area (Å²) in [6.07, 6.45) is -0.130. The first-order valence-corrected chi connectivity index (χ1v) is 10.6. The maximum Gasteiger partial charge on any atom is 0.295 e. The number of nitrogens with zero attached hydrogens (tertiary/aromatic N) is 1. The lowest BCUT2D eigenvalue weighted by Gasteiger charge is -2.27. The lowest BCUT2D eigenvalue weighted by atomic mass is 9.94. The summed E-state index contributed by atoms with van der Waals surface area (Å²) in [5, 5.41) is 11.3. The van der Waals surface area contributed by atoms with Gasteiger partial charge in [-0.2, -0.15) is 0 Å². The lowest BCUT2D eigenvalue weighted by Crippen LogP contribution is -2.33. The first-order chi connectivity index (χ1) is 15.8. The van der Waals surface area contributed by atoms with E-state index in [9.17, 15) is 14.7 Å². The standard InChI is InChI=1S/C25H29NO7/c1-15(2)33-19-9-7-6-8-17(19)22-21(24(28)25(29)26(22)12-13-30-3)23(27)18-11-10-16(31-4)14-20(18)32-5/h6-11,14-15,22,27H,12-13H2,1-5H3/b23-21+. The molecule has 3 rings (SSSR count). The fraction of sp³-hybridized carbons (Fsp3) is 0.360. The molecule has 1 unspecified atom stereocenters. The molecule has 1 amide bonds. The van der Waals surface area contributed by atoms with Gasteiger partial charge in [-0.25, -0.2) is 0 Å². The number of hydrogen-bond acceptors (Lipinski definition) is 7. The van der Waals surface area contributed by atoms with Crippen LogP contribution in [0.5, 0.6) is 17.2 Å². The minimum Gasteiger partial charge on any atom is -0.507 e. The highest BCUT2D eigenvalue weighted by Crippen LogP contribution is 2.44. The number of benzene rings is 2. The Labute approximate surface area is 193 Å². The number of likely N-dealkylation sites (tertiary alicyclic amines) is 1. The molecule has 1 N–H and O–H groups in total. The monoisotopic (exact) mass is 455 g/mol. The third kappa shape index (κ3) is 4.80. The van der Waals surface area contributed by atoms with Crippen LogP contribution in [-0.2, 0) is 14.3 Å². The van der Waals surface area contributed by atoms with Crippen LogP contribution in [0.1, 0.15) is 31.0 Å². The van der Waals surface area contributed by atoms with Crippen LogP contribution in [0.25, 0.3) is 5.76 Å². The van der Waals surface area contributed by atoms with E-state index in [4.69, 9.17) is 18.9 Å². The molecular formula is C25H29NO7. The summed E-state index contributed by atoms with van der Waals surface area (Å²) in [5.74, 6) is -0.487. The molecule has 0 bridgehead atoms. The van der Waals surface area contributed by atoms with Gasteiger partial charge in [0.05, 0.1) is 44.1 Å². The zero-order valence-electron chi connectivity index (χ0n) is 19.5. The summed E-state index contributed by atoms with van der Waals surface area (Å²) < 4.78 is 21.8. The van der Waals surface area contributed by atoms with E-state index in [1.54, 1.807) is 36.4 Å². The largest absolute Gasteiger partial charge is 0.507 e. The van der Waals surface area contributed by atoms with Crippen molar-refractivity contribution < 1.29 is 33.6 Å². The fourth-order valence-corrected chi connectivity index (χ4v) is 3.83. The Kier molecular flexibility index (Phi) is 7.60. The van der Waals surface area contributed by atoms with Gasteiger partial charge >= 0.3 is 0 Å². The molecule has 1 aliphatic rings. The van der Waals surface area contributed by atoms with E-state index in [1.807, 2.05) is 19.9 Å².